The highest BCUT2D eigenvalue weighted by Gasteiger charge is 2.41. The van der Waals surface area contributed by atoms with Crippen molar-refractivity contribution >= 4 is 17.2 Å². The van der Waals surface area contributed by atoms with E-state index in [0.29, 0.717) is 13.2 Å². The molecule has 1 amide bonds. The summed E-state index contributed by atoms with van der Waals surface area (Å²) >= 11 is 1.43. The van der Waals surface area contributed by atoms with Crippen LogP contribution in [0.3, 0.4) is 0 Å². The zero-order valence-corrected chi connectivity index (χ0v) is 13.3. The molecule has 2 heterocycles. The molecule has 5 nitrogen and oxygen atoms in total. The van der Waals surface area contributed by atoms with E-state index in [1.165, 1.54) is 11.3 Å². The number of rotatable bonds is 3. The van der Waals surface area contributed by atoms with Gasteiger partial charge in [-0.25, -0.2) is 0 Å². The second-order valence-corrected chi connectivity index (χ2v) is 6.52. The molecule has 1 saturated heterocycles. The Balaban J connectivity index is 1.60. The van der Waals surface area contributed by atoms with E-state index in [-0.39, 0.29) is 17.7 Å². The first-order valence-corrected chi connectivity index (χ1v) is 8.19. The van der Waals surface area contributed by atoms with Gasteiger partial charge in [0.1, 0.15) is 5.75 Å². The number of methoxy groups -OCH3 is 1. The monoisotopic (exact) mass is 311 g/mol. The van der Waals surface area contributed by atoms with Gasteiger partial charge in [0.25, 0.3) is 5.91 Å². The van der Waals surface area contributed by atoms with Crippen molar-refractivity contribution in [3.63, 3.8) is 0 Å². The smallest absolute Gasteiger partial charge is 0.264 e. The minimum Gasteiger partial charge on any atom is -0.496 e. The highest BCUT2D eigenvalue weighted by atomic mass is 32.1. The van der Waals surface area contributed by atoms with E-state index in [1.807, 2.05) is 17.3 Å². The fourth-order valence-corrected chi connectivity index (χ4v) is 3.93. The molecular weight excluding hydrogens is 290 g/mol. The van der Waals surface area contributed by atoms with Crippen LogP contribution in [0, 0.1) is 0 Å². The molecular formula is C15H21NO4S. The highest BCUT2D eigenvalue weighted by molar-refractivity contribution is 7.12. The molecule has 1 saturated carbocycles. The van der Waals surface area contributed by atoms with E-state index >= 15 is 0 Å². The molecule has 1 aromatic rings. The summed E-state index contributed by atoms with van der Waals surface area (Å²) in [7, 11) is 3.50. The molecule has 0 bridgehead atoms. The maximum absolute atomic E-state index is 12.5. The molecule has 1 spiro atoms. The SMILES string of the molecule is COc1csc(C(=O)N(C)C2CCC3(CC2)OCCO3)c1. The van der Waals surface area contributed by atoms with Crippen LogP contribution in [0.25, 0.3) is 0 Å². The van der Waals surface area contributed by atoms with Crippen LogP contribution >= 0.6 is 11.3 Å². The van der Waals surface area contributed by atoms with Crippen LogP contribution < -0.4 is 4.74 Å². The topological polar surface area (TPSA) is 48.0 Å². The standard InChI is InChI=1S/C15H21NO4S/c1-16(14(17)13-9-12(18-2)10-21-13)11-3-5-15(6-4-11)19-7-8-20-15/h9-11H,3-8H2,1-2H3. The van der Waals surface area contributed by atoms with Crippen molar-refractivity contribution in [2.24, 2.45) is 0 Å². The van der Waals surface area contributed by atoms with Crippen molar-refractivity contribution < 1.29 is 19.0 Å². The molecule has 116 valence electrons. The Kier molecular flexibility index (Phi) is 4.19. The fourth-order valence-electron chi connectivity index (χ4n) is 3.09. The largest absolute Gasteiger partial charge is 0.496 e. The van der Waals surface area contributed by atoms with Gasteiger partial charge < -0.3 is 19.1 Å². The first kappa shape index (κ1) is 14.8. The van der Waals surface area contributed by atoms with E-state index in [1.54, 1.807) is 13.2 Å². The predicted octanol–water partition coefficient (Wildman–Crippen LogP) is 2.51. The van der Waals surface area contributed by atoms with Gasteiger partial charge in [0.15, 0.2) is 5.79 Å². The van der Waals surface area contributed by atoms with Crippen LogP contribution in [0.4, 0.5) is 0 Å². The molecule has 0 radical (unpaired) electrons. The lowest BCUT2D eigenvalue weighted by molar-refractivity contribution is -0.182. The van der Waals surface area contributed by atoms with Crippen molar-refractivity contribution in [1.82, 2.24) is 4.90 Å². The Hall–Kier alpha value is -1.11. The quantitative estimate of drug-likeness (QED) is 0.860. The molecule has 0 unspecified atom stereocenters. The zero-order chi connectivity index (χ0) is 14.9. The van der Waals surface area contributed by atoms with Gasteiger partial charge in [-0.2, -0.15) is 0 Å². The van der Waals surface area contributed by atoms with Gasteiger partial charge in [-0.1, -0.05) is 0 Å². The summed E-state index contributed by atoms with van der Waals surface area (Å²) in [5.41, 5.74) is 0. The third-order valence-electron chi connectivity index (χ3n) is 4.42. The number of ether oxygens (including phenoxy) is 3. The van der Waals surface area contributed by atoms with Gasteiger partial charge in [0, 0.05) is 37.4 Å². The van der Waals surface area contributed by atoms with Crippen molar-refractivity contribution in [3.8, 4) is 5.75 Å². The van der Waals surface area contributed by atoms with E-state index in [2.05, 4.69) is 0 Å². The fraction of sp³-hybridized carbons (Fsp3) is 0.667. The van der Waals surface area contributed by atoms with Gasteiger partial charge in [0.2, 0.25) is 0 Å². The first-order valence-electron chi connectivity index (χ1n) is 7.31. The summed E-state index contributed by atoms with van der Waals surface area (Å²) < 4.78 is 16.6. The second kappa shape index (κ2) is 5.94. The van der Waals surface area contributed by atoms with Gasteiger partial charge >= 0.3 is 0 Å². The summed E-state index contributed by atoms with van der Waals surface area (Å²) in [4.78, 5) is 15.1. The molecule has 2 aliphatic rings. The number of hydrogen-bond acceptors (Lipinski definition) is 5. The summed E-state index contributed by atoms with van der Waals surface area (Å²) in [5.74, 6) is 0.441. The summed E-state index contributed by atoms with van der Waals surface area (Å²) in [6.45, 7) is 1.38. The lowest BCUT2D eigenvalue weighted by Crippen LogP contribution is -2.44. The number of amides is 1. The Morgan fingerprint density at radius 2 is 2.05 bits per heavy atom. The van der Waals surface area contributed by atoms with E-state index in [4.69, 9.17) is 14.2 Å². The maximum atomic E-state index is 12.5. The van der Waals surface area contributed by atoms with Crippen molar-refractivity contribution in [1.29, 1.82) is 0 Å². The predicted molar refractivity (Wildman–Crippen MR) is 79.9 cm³/mol. The molecule has 21 heavy (non-hydrogen) atoms. The molecule has 1 aromatic heterocycles. The Labute approximate surface area is 128 Å². The molecule has 2 fully saturated rings. The maximum Gasteiger partial charge on any atom is 0.264 e. The van der Waals surface area contributed by atoms with Crippen molar-refractivity contribution in [2.75, 3.05) is 27.4 Å². The zero-order valence-electron chi connectivity index (χ0n) is 12.5. The molecule has 0 N–H and O–H groups in total. The summed E-state index contributed by atoms with van der Waals surface area (Å²) in [6, 6.07) is 2.06. The van der Waals surface area contributed by atoms with Crippen LogP contribution in [0.1, 0.15) is 35.4 Å². The van der Waals surface area contributed by atoms with Gasteiger partial charge in [-0.3, -0.25) is 4.79 Å². The summed E-state index contributed by atoms with van der Waals surface area (Å²) in [5, 5.41) is 1.86. The Morgan fingerprint density at radius 1 is 1.38 bits per heavy atom. The van der Waals surface area contributed by atoms with Crippen LogP contribution in [0.5, 0.6) is 5.75 Å². The lowest BCUT2D eigenvalue weighted by Gasteiger charge is -2.38. The third-order valence-corrected chi connectivity index (χ3v) is 5.32. The van der Waals surface area contributed by atoms with Gasteiger partial charge in [-0.15, -0.1) is 11.3 Å². The van der Waals surface area contributed by atoms with Crippen LogP contribution in [0.15, 0.2) is 11.4 Å². The normalized spacial score (nSPS) is 21.6. The molecule has 1 aliphatic carbocycles. The lowest BCUT2D eigenvalue weighted by atomic mass is 9.89. The number of carbonyl (C=O) groups excluding carboxylic acids is 1. The van der Waals surface area contributed by atoms with Crippen LogP contribution in [-0.2, 0) is 9.47 Å². The molecule has 0 atom stereocenters. The average molecular weight is 311 g/mol. The van der Waals surface area contributed by atoms with E-state index in [0.717, 1.165) is 36.3 Å². The highest BCUT2D eigenvalue weighted by Crippen LogP contribution is 2.37. The van der Waals surface area contributed by atoms with Crippen LogP contribution in [0.2, 0.25) is 0 Å². The molecule has 1 aliphatic heterocycles. The van der Waals surface area contributed by atoms with Gasteiger partial charge in [-0.05, 0) is 12.8 Å². The molecule has 3 rings (SSSR count). The van der Waals surface area contributed by atoms with Gasteiger partial charge in [0.05, 0.1) is 25.2 Å². The number of nitrogens with zero attached hydrogens (tertiary/aromatic N) is 1. The molecule has 6 heteroatoms. The Morgan fingerprint density at radius 3 is 2.62 bits per heavy atom. The molecule has 0 aromatic carbocycles. The number of hydrogen-bond donors (Lipinski definition) is 0. The minimum absolute atomic E-state index is 0.0671. The van der Waals surface area contributed by atoms with Crippen molar-refractivity contribution in [2.45, 2.75) is 37.5 Å². The minimum atomic E-state index is -0.369. The van der Waals surface area contributed by atoms with E-state index < -0.39 is 0 Å². The third kappa shape index (κ3) is 2.93. The first-order chi connectivity index (χ1) is 10.1. The number of carbonyl (C=O) groups is 1. The average Bonchev–Trinajstić information content (AvgIpc) is 3.16. The second-order valence-electron chi connectivity index (χ2n) is 5.61. The van der Waals surface area contributed by atoms with Crippen molar-refractivity contribution in [3.05, 3.63) is 16.3 Å². The number of thiophene rings is 1. The van der Waals surface area contributed by atoms with Crippen LogP contribution in [-0.4, -0.2) is 50.0 Å². The summed E-state index contributed by atoms with van der Waals surface area (Å²) in [6.07, 6.45) is 3.57. The Bertz CT molecular complexity index is 500. The van der Waals surface area contributed by atoms with E-state index in [9.17, 15) is 4.79 Å².